The minimum atomic E-state index is -0.391. The lowest BCUT2D eigenvalue weighted by molar-refractivity contribution is 0.187. The molecule has 3 nitrogen and oxygen atoms in total. The predicted octanol–water partition coefficient (Wildman–Crippen LogP) is 1.25. The van der Waals surface area contributed by atoms with Gasteiger partial charge in [0, 0.05) is 12.6 Å². The lowest BCUT2D eigenvalue weighted by Gasteiger charge is -2.14. The fraction of sp³-hybridized carbons (Fsp3) is 0.500. The third-order valence-corrected chi connectivity index (χ3v) is 1.91. The molecule has 0 aliphatic carbocycles. The van der Waals surface area contributed by atoms with Gasteiger partial charge in [0.1, 0.15) is 5.82 Å². The van der Waals surface area contributed by atoms with Crippen molar-refractivity contribution in [2.75, 3.05) is 6.54 Å². The highest BCUT2D eigenvalue weighted by Crippen LogP contribution is 2.08. The minimum absolute atomic E-state index is 0.0187. The van der Waals surface area contributed by atoms with E-state index in [9.17, 15) is 4.39 Å². The molecule has 1 aromatic heterocycles. The number of hydrogen-bond acceptors (Lipinski definition) is 3. The van der Waals surface area contributed by atoms with E-state index in [2.05, 4.69) is 10.3 Å². The first-order chi connectivity index (χ1) is 6.59. The molecule has 1 aromatic rings. The van der Waals surface area contributed by atoms with Crippen molar-refractivity contribution in [1.82, 2.24) is 10.3 Å². The van der Waals surface area contributed by atoms with Crippen molar-refractivity contribution >= 4 is 0 Å². The van der Waals surface area contributed by atoms with Gasteiger partial charge >= 0.3 is 0 Å². The zero-order valence-electron chi connectivity index (χ0n) is 8.37. The minimum Gasteiger partial charge on any atom is -0.392 e. The molecule has 14 heavy (non-hydrogen) atoms. The Morgan fingerprint density at radius 2 is 2.21 bits per heavy atom. The number of nitrogens with one attached hydrogen (secondary N) is 1. The van der Waals surface area contributed by atoms with Crippen molar-refractivity contribution in [3.63, 3.8) is 0 Å². The standard InChI is InChI=1S/C10H15FN2O/c1-7(14)5-12-8(2)10-4-3-9(11)6-13-10/h3-4,6-8,12,14H,5H2,1-2H3. The molecule has 1 heterocycles. The van der Waals surface area contributed by atoms with E-state index >= 15 is 0 Å². The molecule has 2 unspecified atom stereocenters. The molecule has 2 atom stereocenters. The van der Waals surface area contributed by atoms with E-state index in [1.165, 1.54) is 12.3 Å². The summed E-state index contributed by atoms with van der Waals surface area (Å²) in [7, 11) is 0. The fourth-order valence-corrected chi connectivity index (χ4v) is 1.10. The second-order valence-corrected chi connectivity index (χ2v) is 3.38. The molecule has 78 valence electrons. The average molecular weight is 198 g/mol. The molecule has 0 bridgehead atoms. The number of pyridine rings is 1. The molecule has 0 saturated heterocycles. The first-order valence-corrected chi connectivity index (χ1v) is 4.62. The number of nitrogens with zero attached hydrogens (tertiary/aromatic N) is 1. The summed E-state index contributed by atoms with van der Waals surface area (Å²) in [6.45, 7) is 4.13. The van der Waals surface area contributed by atoms with E-state index in [0.29, 0.717) is 6.54 Å². The highest BCUT2D eigenvalue weighted by molar-refractivity contribution is 5.08. The third kappa shape index (κ3) is 3.40. The smallest absolute Gasteiger partial charge is 0.141 e. The second-order valence-electron chi connectivity index (χ2n) is 3.38. The number of rotatable bonds is 4. The molecule has 0 saturated carbocycles. The van der Waals surface area contributed by atoms with Crippen LogP contribution in [0.15, 0.2) is 18.3 Å². The Morgan fingerprint density at radius 3 is 2.71 bits per heavy atom. The predicted molar refractivity (Wildman–Crippen MR) is 52.3 cm³/mol. The van der Waals surface area contributed by atoms with Gasteiger partial charge in [0.2, 0.25) is 0 Å². The summed E-state index contributed by atoms with van der Waals surface area (Å²) in [5, 5.41) is 12.1. The molecule has 0 spiro atoms. The van der Waals surface area contributed by atoms with Crippen molar-refractivity contribution in [1.29, 1.82) is 0 Å². The van der Waals surface area contributed by atoms with Gasteiger partial charge in [0.15, 0.2) is 0 Å². The van der Waals surface area contributed by atoms with Crippen molar-refractivity contribution in [2.45, 2.75) is 26.0 Å². The van der Waals surface area contributed by atoms with Crippen LogP contribution in [0.4, 0.5) is 4.39 Å². The molecular formula is C10H15FN2O. The van der Waals surface area contributed by atoms with Gasteiger partial charge in [0.05, 0.1) is 18.0 Å². The molecule has 0 radical (unpaired) electrons. The summed E-state index contributed by atoms with van der Waals surface area (Å²) >= 11 is 0. The Hall–Kier alpha value is -1.00. The van der Waals surface area contributed by atoms with Crippen LogP contribution in [0.5, 0.6) is 0 Å². The van der Waals surface area contributed by atoms with Gasteiger partial charge in [-0.15, -0.1) is 0 Å². The zero-order valence-corrected chi connectivity index (χ0v) is 8.37. The molecule has 4 heteroatoms. The topological polar surface area (TPSA) is 45.1 Å². The monoisotopic (exact) mass is 198 g/mol. The number of aromatic nitrogens is 1. The average Bonchev–Trinajstić information content (AvgIpc) is 2.15. The van der Waals surface area contributed by atoms with E-state index in [4.69, 9.17) is 5.11 Å². The van der Waals surface area contributed by atoms with Crippen LogP contribution in [0.3, 0.4) is 0 Å². The Kier molecular flexibility index (Phi) is 3.98. The molecule has 0 aliphatic heterocycles. The van der Waals surface area contributed by atoms with Crippen LogP contribution in [-0.4, -0.2) is 22.7 Å². The van der Waals surface area contributed by atoms with Gasteiger partial charge in [-0.3, -0.25) is 4.98 Å². The molecule has 0 aromatic carbocycles. The maximum atomic E-state index is 12.5. The molecule has 0 fully saturated rings. The number of halogens is 1. The highest BCUT2D eigenvalue weighted by atomic mass is 19.1. The molecule has 1 rings (SSSR count). The molecule has 2 N–H and O–H groups in total. The van der Waals surface area contributed by atoms with Crippen molar-refractivity contribution in [3.8, 4) is 0 Å². The van der Waals surface area contributed by atoms with Gasteiger partial charge in [-0.2, -0.15) is 0 Å². The van der Waals surface area contributed by atoms with Gasteiger partial charge in [-0.1, -0.05) is 0 Å². The highest BCUT2D eigenvalue weighted by Gasteiger charge is 2.06. The zero-order chi connectivity index (χ0) is 10.6. The fourth-order valence-electron chi connectivity index (χ4n) is 1.10. The molecule has 0 amide bonds. The van der Waals surface area contributed by atoms with Crippen molar-refractivity contribution in [3.05, 3.63) is 29.8 Å². The van der Waals surface area contributed by atoms with Crippen LogP contribution in [-0.2, 0) is 0 Å². The van der Waals surface area contributed by atoms with Crippen LogP contribution < -0.4 is 5.32 Å². The SMILES string of the molecule is CC(O)CNC(C)c1ccc(F)cn1. The number of hydrogen-bond donors (Lipinski definition) is 2. The second kappa shape index (κ2) is 5.02. The summed E-state index contributed by atoms with van der Waals surface area (Å²) in [4.78, 5) is 3.94. The van der Waals surface area contributed by atoms with E-state index < -0.39 is 6.10 Å². The lowest BCUT2D eigenvalue weighted by atomic mass is 10.2. The summed E-state index contributed by atoms with van der Waals surface area (Å²) in [5.41, 5.74) is 0.770. The van der Waals surface area contributed by atoms with Gasteiger partial charge < -0.3 is 10.4 Å². The van der Waals surface area contributed by atoms with E-state index in [-0.39, 0.29) is 11.9 Å². The maximum Gasteiger partial charge on any atom is 0.141 e. The first-order valence-electron chi connectivity index (χ1n) is 4.62. The van der Waals surface area contributed by atoms with Crippen LogP contribution in [0.2, 0.25) is 0 Å². The van der Waals surface area contributed by atoms with E-state index in [1.54, 1.807) is 13.0 Å². The lowest BCUT2D eigenvalue weighted by Crippen LogP contribution is -2.27. The Bertz CT molecular complexity index is 274. The maximum absolute atomic E-state index is 12.5. The number of aliphatic hydroxyl groups excluding tert-OH is 1. The van der Waals surface area contributed by atoms with Crippen molar-refractivity contribution < 1.29 is 9.50 Å². The molecule has 0 aliphatic rings. The summed E-state index contributed by atoms with van der Waals surface area (Å²) in [5.74, 6) is -0.337. The normalized spacial score (nSPS) is 15.1. The van der Waals surface area contributed by atoms with Gasteiger partial charge in [-0.25, -0.2) is 4.39 Å². The summed E-state index contributed by atoms with van der Waals surface area (Å²) in [6.07, 6.45) is 0.800. The first kappa shape index (κ1) is 11.1. The van der Waals surface area contributed by atoms with Crippen LogP contribution in [0.25, 0.3) is 0 Å². The van der Waals surface area contributed by atoms with Crippen LogP contribution in [0, 0.1) is 5.82 Å². The van der Waals surface area contributed by atoms with Crippen molar-refractivity contribution in [2.24, 2.45) is 0 Å². The third-order valence-electron chi connectivity index (χ3n) is 1.91. The van der Waals surface area contributed by atoms with Crippen LogP contribution in [0.1, 0.15) is 25.6 Å². The Morgan fingerprint density at radius 1 is 1.50 bits per heavy atom. The Labute approximate surface area is 83.0 Å². The molecular weight excluding hydrogens is 183 g/mol. The van der Waals surface area contributed by atoms with Crippen LogP contribution >= 0.6 is 0 Å². The van der Waals surface area contributed by atoms with E-state index in [0.717, 1.165) is 5.69 Å². The van der Waals surface area contributed by atoms with E-state index in [1.807, 2.05) is 6.92 Å². The summed E-state index contributed by atoms with van der Waals surface area (Å²) < 4.78 is 12.5. The largest absolute Gasteiger partial charge is 0.392 e. The Balaban J connectivity index is 2.52. The summed E-state index contributed by atoms with van der Waals surface area (Å²) in [6, 6.07) is 3.03. The quantitative estimate of drug-likeness (QED) is 0.765. The van der Waals surface area contributed by atoms with Gasteiger partial charge in [-0.05, 0) is 26.0 Å². The number of aliphatic hydroxyl groups is 1. The van der Waals surface area contributed by atoms with Gasteiger partial charge in [0.25, 0.3) is 0 Å².